The predicted molar refractivity (Wildman–Crippen MR) is 86.6 cm³/mol. The number of rotatable bonds is 4. The summed E-state index contributed by atoms with van der Waals surface area (Å²) < 4.78 is 1.51. The van der Waals surface area contributed by atoms with Crippen molar-refractivity contribution in [1.82, 2.24) is 14.3 Å². The molecule has 2 aliphatic rings. The van der Waals surface area contributed by atoms with Crippen LogP contribution in [-0.2, 0) is 9.59 Å². The number of β-lactam (4-membered cyclic amide) rings is 1. The summed E-state index contributed by atoms with van der Waals surface area (Å²) in [7, 11) is 0. The maximum atomic E-state index is 12.2. The van der Waals surface area contributed by atoms with E-state index >= 15 is 0 Å². The molecule has 0 radical (unpaired) electrons. The standard InChI is InChI=1S/C15H14N4O5S/c1-5(20)10-7-2-6(11(15(23)24)19(7)14(10)22)8-4-18-9(25-8)3-17-13(18)12(16)21/h3-5,7,10,20H,2H2,1H3,(H2,16,21)(H,23,24)/t5-,7-,10-/m1/s1. The van der Waals surface area contributed by atoms with E-state index in [4.69, 9.17) is 5.73 Å². The lowest BCUT2D eigenvalue weighted by molar-refractivity contribution is -0.161. The topological polar surface area (TPSA) is 138 Å². The number of aliphatic carboxylic acids is 1. The molecule has 2 amide bonds. The summed E-state index contributed by atoms with van der Waals surface area (Å²) in [6.45, 7) is 1.53. The summed E-state index contributed by atoms with van der Waals surface area (Å²) in [5, 5.41) is 19.4. The Balaban J connectivity index is 1.81. The lowest BCUT2D eigenvalue weighted by Gasteiger charge is -2.44. The average Bonchev–Trinajstić information content (AvgIpc) is 3.15. The number of carboxylic acid groups (broad SMARTS) is 1. The number of imidazole rings is 1. The minimum atomic E-state index is -1.19. The van der Waals surface area contributed by atoms with Crippen molar-refractivity contribution in [1.29, 1.82) is 0 Å². The fourth-order valence-corrected chi connectivity index (χ4v) is 4.64. The SMILES string of the molecule is C[C@@H](O)[C@H]1C(=O)N2C(C(=O)O)=C(c3cn4c(C(N)=O)ncc4s3)C[C@H]12. The van der Waals surface area contributed by atoms with Crippen LogP contribution in [0.3, 0.4) is 0 Å². The van der Waals surface area contributed by atoms with E-state index in [1.807, 2.05) is 0 Å². The van der Waals surface area contributed by atoms with Gasteiger partial charge in [-0.15, -0.1) is 11.3 Å². The maximum absolute atomic E-state index is 12.2. The fourth-order valence-electron chi connectivity index (χ4n) is 3.61. The first kappa shape index (κ1) is 15.8. The number of nitrogens with two attached hydrogens (primary N) is 1. The number of aliphatic hydroxyl groups is 1. The number of carboxylic acids is 1. The molecule has 0 spiro atoms. The van der Waals surface area contributed by atoms with Gasteiger partial charge in [-0.25, -0.2) is 9.78 Å². The number of thiazole rings is 1. The van der Waals surface area contributed by atoms with Crippen LogP contribution in [0.1, 0.15) is 28.8 Å². The molecule has 9 nitrogen and oxygen atoms in total. The first-order valence-electron chi connectivity index (χ1n) is 7.56. The Bertz CT molecular complexity index is 972. The van der Waals surface area contributed by atoms with Gasteiger partial charge in [-0.1, -0.05) is 0 Å². The van der Waals surface area contributed by atoms with Crippen LogP contribution >= 0.6 is 11.3 Å². The number of aromatic nitrogens is 2. The zero-order chi connectivity index (χ0) is 18.0. The van der Waals surface area contributed by atoms with Gasteiger partial charge in [-0.3, -0.25) is 14.0 Å². The normalized spacial score (nSPS) is 23.8. The monoisotopic (exact) mass is 362 g/mol. The lowest BCUT2D eigenvalue weighted by Crippen LogP contribution is -2.61. The third-order valence-corrected chi connectivity index (χ3v) is 5.76. The number of carbonyl (C=O) groups excluding carboxylic acids is 2. The second-order valence-corrected chi connectivity index (χ2v) is 7.19. The number of fused-ring (bicyclic) bond motifs is 2. The molecule has 0 unspecified atom stereocenters. The summed E-state index contributed by atoms with van der Waals surface area (Å²) >= 11 is 1.27. The van der Waals surface area contributed by atoms with E-state index in [1.165, 1.54) is 33.8 Å². The van der Waals surface area contributed by atoms with Crippen LogP contribution in [0.25, 0.3) is 10.4 Å². The number of carbonyl (C=O) groups is 3. The van der Waals surface area contributed by atoms with E-state index in [0.29, 0.717) is 21.7 Å². The van der Waals surface area contributed by atoms with Gasteiger partial charge >= 0.3 is 5.97 Å². The number of hydrogen-bond donors (Lipinski definition) is 3. The third kappa shape index (κ3) is 2.04. The van der Waals surface area contributed by atoms with Crippen molar-refractivity contribution in [2.45, 2.75) is 25.5 Å². The van der Waals surface area contributed by atoms with Crippen molar-refractivity contribution in [3.8, 4) is 0 Å². The first-order chi connectivity index (χ1) is 11.8. The summed E-state index contributed by atoms with van der Waals surface area (Å²) in [5.74, 6) is -2.79. The van der Waals surface area contributed by atoms with Crippen LogP contribution in [0, 0.1) is 5.92 Å². The number of nitrogens with zero attached hydrogens (tertiary/aromatic N) is 3. The molecule has 10 heteroatoms. The van der Waals surface area contributed by atoms with E-state index in [0.717, 1.165) is 0 Å². The Labute approximate surface area is 145 Å². The molecule has 2 aromatic heterocycles. The minimum absolute atomic E-state index is 0.0641. The van der Waals surface area contributed by atoms with Crippen molar-refractivity contribution in [2.24, 2.45) is 11.7 Å². The average molecular weight is 362 g/mol. The van der Waals surface area contributed by atoms with E-state index in [1.54, 1.807) is 6.20 Å². The van der Waals surface area contributed by atoms with Crippen LogP contribution in [-0.4, -0.2) is 54.4 Å². The molecular formula is C15H14N4O5S. The van der Waals surface area contributed by atoms with Crippen molar-refractivity contribution < 1.29 is 24.6 Å². The molecule has 0 aromatic carbocycles. The second-order valence-electron chi connectivity index (χ2n) is 6.13. The zero-order valence-corrected chi connectivity index (χ0v) is 13.9. The van der Waals surface area contributed by atoms with Crippen molar-refractivity contribution in [2.75, 3.05) is 0 Å². The van der Waals surface area contributed by atoms with Gasteiger partial charge in [0.1, 0.15) is 10.5 Å². The van der Waals surface area contributed by atoms with Crippen LogP contribution in [0.4, 0.5) is 0 Å². The van der Waals surface area contributed by atoms with Crippen molar-refractivity contribution in [3.63, 3.8) is 0 Å². The molecule has 0 bridgehead atoms. The van der Waals surface area contributed by atoms with Gasteiger partial charge < -0.3 is 20.8 Å². The van der Waals surface area contributed by atoms with Gasteiger partial charge in [0.2, 0.25) is 11.7 Å². The molecule has 25 heavy (non-hydrogen) atoms. The van der Waals surface area contributed by atoms with E-state index < -0.39 is 23.9 Å². The van der Waals surface area contributed by atoms with Gasteiger partial charge in [0.25, 0.3) is 5.91 Å². The molecule has 3 atom stereocenters. The molecular weight excluding hydrogens is 348 g/mol. The molecule has 1 saturated heterocycles. The lowest BCUT2D eigenvalue weighted by atomic mass is 9.83. The van der Waals surface area contributed by atoms with E-state index in [9.17, 15) is 24.6 Å². The highest BCUT2D eigenvalue weighted by Crippen LogP contribution is 2.48. The molecule has 1 fully saturated rings. The maximum Gasteiger partial charge on any atom is 0.352 e. The van der Waals surface area contributed by atoms with Crippen LogP contribution < -0.4 is 5.73 Å². The Morgan fingerprint density at radius 1 is 1.48 bits per heavy atom. The summed E-state index contributed by atoms with van der Waals surface area (Å²) in [4.78, 5) is 41.8. The van der Waals surface area contributed by atoms with Crippen LogP contribution in [0.15, 0.2) is 18.1 Å². The smallest absolute Gasteiger partial charge is 0.352 e. The number of hydrogen-bond acceptors (Lipinski definition) is 6. The number of aliphatic hydroxyl groups excluding tert-OH is 1. The van der Waals surface area contributed by atoms with E-state index in [2.05, 4.69) is 4.98 Å². The number of amides is 2. The van der Waals surface area contributed by atoms with Gasteiger partial charge in [0.15, 0.2) is 0 Å². The molecule has 4 N–H and O–H groups in total. The molecule has 4 heterocycles. The highest BCUT2D eigenvalue weighted by Gasteiger charge is 2.56. The van der Waals surface area contributed by atoms with Crippen molar-refractivity contribution in [3.05, 3.63) is 28.8 Å². The number of primary amides is 1. The Morgan fingerprint density at radius 2 is 2.20 bits per heavy atom. The quantitative estimate of drug-likeness (QED) is 0.649. The zero-order valence-electron chi connectivity index (χ0n) is 13.0. The van der Waals surface area contributed by atoms with E-state index in [-0.39, 0.29) is 23.5 Å². The Kier molecular flexibility index (Phi) is 3.24. The molecule has 4 rings (SSSR count). The fraction of sp³-hybridized carbons (Fsp3) is 0.333. The van der Waals surface area contributed by atoms with Gasteiger partial charge in [-0.2, -0.15) is 0 Å². The molecule has 2 aliphatic heterocycles. The highest BCUT2D eigenvalue weighted by atomic mass is 32.1. The van der Waals surface area contributed by atoms with Crippen LogP contribution in [0.5, 0.6) is 0 Å². The molecule has 0 saturated carbocycles. The highest BCUT2D eigenvalue weighted by molar-refractivity contribution is 7.18. The van der Waals surface area contributed by atoms with Gasteiger partial charge in [0.05, 0.1) is 29.1 Å². The summed E-state index contributed by atoms with van der Waals surface area (Å²) in [5.41, 5.74) is 5.73. The third-order valence-electron chi connectivity index (χ3n) is 4.67. The largest absolute Gasteiger partial charge is 0.477 e. The van der Waals surface area contributed by atoms with Gasteiger partial charge in [0, 0.05) is 11.8 Å². The molecule has 2 aromatic rings. The summed E-state index contributed by atoms with van der Waals surface area (Å²) in [6, 6.07) is -0.358. The molecule has 130 valence electrons. The van der Waals surface area contributed by atoms with Gasteiger partial charge in [-0.05, 0) is 13.3 Å². The van der Waals surface area contributed by atoms with Crippen LogP contribution in [0.2, 0.25) is 0 Å². The predicted octanol–water partition coefficient (Wildman–Crippen LogP) is -0.0981. The Hall–Kier alpha value is -2.72. The second kappa shape index (κ2) is 5.14. The Morgan fingerprint density at radius 3 is 2.80 bits per heavy atom. The molecule has 0 aliphatic carbocycles. The van der Waals surface area contributed by atoms with Crippen molar-refractivity contribution >= 4 is 39.5 Å². The first-order valence-corrected chi connectivity index (χ1v) is 8.37. The summed E-state index contributed by atoms with van der Waals surface area (Å²) in [6.07, 6.45) is 2.60. The minimum Gasteiger partial charge on any atom is -0.477 e.